The number of hydrogen-bond acceptors (Lipinski definition) is 2. The first kappa shape index (κ1) is 27.3. The van der Waals surface area contributed by atoms with Gasteiger partial charge in [-0.3, -0.25) is 0 Å². The van der Waals surface area contributed by atoms with Crippen LogP contribution in [0, 0.1) is 17.2 Å². The highest BCUT2D eigenvalue weighted by atomic mass is 35.5. The molecule has 0 heterocycles. The van der Waals surface area contributed by atoms with Gasteiger partial charge in [0, 0.05) is 21.3 Å². The first-order valence-corrected chi connectivity index (χ1v) is 13.2. The molecule has 0 saturated heterocycles. The molecular formula is C31H38Cl2N2. The van der Waals surface area contributed by atoms with Gasteiger partial charge in [0.1, 0.15) is 0 Å². The molecule has 35 heavy (non-hydrogen) atoms. The number of nitrogens with one attached hydrogen (secondary N) is 1. The van der Waals surface area contributed by atoms with Crippen molar-refractivity contribution in [2.45, 2.75) is 67.2 Å². The van der Waals surface area contributed by atoms with Crippen LogP contribution in [0.1, 0.15) is 89.5 Å². The maximum atomic E-state index is 8.87. The fourth-order valence-electron chi connectivity index (χ4n) is 4.73. The van der Waals surface area contributed by atoms with E-state index in [9.17, 15) is 0 Å². The highest BCUT2D eigenvalue weighted by molar-refractivity contribution is 6.38. The predicted octanol–water partition coefficient (Wildman–Crippen LogP) is 9.82. The fraction of sp³-hybridized carbons (Fsp3) is 0.387. The van der Waals surface area contributed by atoms with Crippen molar-refractivity contribution in [2.24, 2.45) is 11.8 Å². The molecule has 186 valence electrons. The first-order valence-electron chi connectivity index (χ1n) is 12.5. The van der Waals surface area contributed by atoms with E-state index in [1.165, 1.54) is 0 Å². The van der Waals surface area contributed by atoms with E-state index in [0.29, 0.717) is 15.8 Å². The van der Waals surface area contributed by atoms with Gasteiger partial charge < -0.3 is 11.1 Å². The smallest absolute Gasteiger partial charge is 0.0609 e. The monoisotopic (exact) mass is 508 g/mol. The maximum Gasteiger partial charge on any atom is 0.0609 e. The Kier molecular flexibility index (Phi) is 8.40. The van der Waals surface area contributed by atoms with Crippen LogP contribution < -0.4 is 5.73 Å². The molecule has 0 unspecified atom stereocenters. The lowest BCUT2D eigenvalue weighted by molar-refractivity contribution is 0.769. The molecule has 0 amide bonds. The van der Waals surface area contributed by atoms with Crippen molar-refractivity contribution in [3.8, 4) is 0 Å². The van der Waals surface area contributed by atoms with Crippen LogP contribution in [0.3, 0.4) is 0 Å². The summed E-state index contributed by atoms with van der Waals surface area (Å²) in [6.45, 7) is 17.2. The minimum atomic E-state index is 0.215. The van der Waals surface area contributed by atoms with E-state index in [4.69, 9.17) is 34.3 Å². The van der Waals surface area contributed by atoms with E-state index >= 15 is 0 Å². The summed E-state index contributed by atoms with van der Waals surface area (Å²) in [6.07, 6.45) is 4.29. The number of allylic oxidation sites excluding steroid dienone is 5. The third kappa shape index (κ3) is 5.44. The molecule has 0 fully saturated rings. The molecule has 3 rings (SSSR count). The largest absolute Gasteiger partial charge is 0.398 e. The molecule has 2 aromatic rings. The molecule has 3 N–H and O–H groups in total. The molecule has 0 aromatic heterocycles. The molecule has 0 spiro atoms. The number of benzene rings is 2. The van der Waals surface area contributed by atoms with Crippen molar-refractivity contribution < 1.29 is 0 Å². The van der Waals surface area contributed by atoms with Crippen molar-refractivity contribution in [3.63, 3.8) is 0 Å². The van der Waals surface area contributed by atoms with Gasteiger partial charge in [0.05, 0.1) is 5.71 Å². The van der Waals surface area contributed by atoms with E-state index in [1.54, 1.807) is 0 Å². The van der Waals surface area contributed by atoms with Crippen LogP contribution in [0.5, 0.6) is 0 Å². The molecular weight excluding hydrogens is 471 g/mol. The second-order valence-corrected chi connectivity index (χ2v) is 11.5. The maximum absolute atomic E-state index is 8.87. The van der Waals surface area contributed by atoms with Gasteiger partial charge in [0.25, 0.3) is 0 Å². The molecule has 2 nitrogen and oxygen atoms in total. The lowest BCUT2D eigenvalue weighted by atomic mass is 9.79. The van der Waals surface area contributed by atoms with Crippen molar-refractivity contribution in [3.05, 3.63) is 91.5 Å². The third-order valence-corrected chi connectivity index (χ3v) is 7.35. The summed E-state index contributed by atoms with van der Waals surface area (Å²) in [5, 5.41) is 10.1. The Morgan fingerprint density at radius 2 is 1.17 bits per heavy atom. The van der Waals surface area contributed by atoms with Gasteiger partial charge in [0.2, 0.25) is 0 Å². The van der Waals surface area contributed by atoms with Gasteiger partial charge in [-0.05, 0) is 99.1 Å². The van der Waals surface area contributed by atoms with Gasteiger partial charge in [0.15, 0.2) is 0 Å². The molecule has 0 bridgehead atoms. The Balaban J connectivity index is 2.55. The average molecular weight is 510 g/mol. The lowest BCUT2D eigenvalue weighted by Gasteiger charge is -2.26. The van der Waals surface area contributed by atoms with Gasteiger partial charge in [-0.15, -0.1) is 0 Å². The predicted molar refractivity (Wildman–Crippen MR) is 155 cm³/mol. The SMILES string of the molecule is CC(C)C1=CC(=C(c2cc(C(C)C)c(N)c(C(C)C)c2)c2c(Cl)cccc2Cl)C=C(C(C)C)C1=N. The lowest BCUT2D eigenvalue weighted by Crippen LogP contribution is -2.18. The zero-order chi connectivity index (χ0) is 26.2. The summed E-state index contributed by atoms with van der Waals surface area (Å²) in [5.74, 6) is 0.963. The standard InChI is InChI=1S/C31H38Cl2N2/c1-16(2)22-12-20(13-23(17(3)4)30(22)34)28(29-26(32)10-9-11-27(29)33)21-14-24(18(5)6)31(35)25(15-21)19(7)8/h9-19,34H,35H2,1-8H3. The van der Waals surface area contributed by atoms with Gasteiger partial charge in [-0.2, -0.15) is 0 Å². The van der Waals surface area contributed by atoms with Crippen molar-refractivity contribution in [1.82, 2.24) is 0 Å². The minimum Gasteiger partial charge on any atom is -0.398 e. The van der Waals surface area contributed by atoms with E-state index in [1.807, 2.05) is 18.2 Å². The number of halogens is 2. The van der Waals surface area contributed by atoms with Crippen LogP contribution in [-0.4, -0.2) is 5.71 Å². The van der Waals surface area contributed by atoms with Crippen LogP contribution in [0.4, 0.5) is 5.69 Å². The molecule has 0 saturated carbocycles. The first-order chi connectivity index (χ1) is 16.3. The van der Waals surface area contributed by atoms with Crippen LogP contribution in [-0.2, 0) is 0 Å². The fourth-order valence-corrected chi connectivity index (χ4v) is 5.32. The van der Waals surface area contributed by atoms with E-state index < -0.39 is 0 Å². The Labute approximate surface area is 221 Å². The summed E-state index contributed by atoms with van der Waals surface area (Å²) in [4.78, 5) is 0. The molecule has 0 radical (unpaired) electrons. The van der Waals surface area contributed by atoms with Gasteiger partial charge in [-0.1, -0.05) is 84.7 Å². The van der Waals surface area contributed by atoms with E-state index in [-0.39, 0.29) is 23.7 Å². The average Bonchev–Trinajstić information content (AvgIpc) is 2.76. The zero-order valence-electron chi connectivity index (χ0n) is 22.2. The van der Waals surface area contributed by atoms with Gasteiger partial charge in [-0.25, -0.2) is 0 Å². The second-order valence-electron chi connectivity index (χ2n) is 10.7. The third-order valence-electron chi connectivity index (χ3n) is 6.72. The number of rotatable bonds is 6. The Bertz CT molecular complexity index is 1160. The summed E-state index contributed by atoms with van der Waals surface area (Å²) in [6, 6.07) is 10.0. The second kappa shape index (κ2) is 10.8. The normalized spacial score (nSPS) is 14.3. The molecule has 0 atom stereocenters. The molecule has 0 aliphatic heterocycles. The highest BCUT2D eigenvalue weighted by Crippen LogP contribution is 2.43. The van der Waals surface area contributed by atoms with E-state index in [2.05, 4.69) is 79.7 Å². The van der Waals surface area contributed by atoms with Crippen LogP contribution in [0.2, 0.25) is 10.0 Å². The zero-order valence-corrected chi connectivity index (χ0v) is 23.7. The highest BCUT2D eigenvalue weighted by Gasteiger charge is 2.26. The Morgan fingerprint density at radius 3 is 1.54 bits per heavy atom. The minimum absolute atomic E-state index is 0.215. The van der Waals surface area contributed by atoms with Gasteiger partial charge >= 0.3 is 0 Å². The summed E-state index contributed by atoms with van der Waals surface area (Å²) in [5.41, 5.74) is 16.3. The van der Waals surface area contributed by atoms with Crippen molar-refractivity contribution in [1.29, 1.82) is 5.41 Å². The number of hydrogen-bond donors (Lipinski definition) is 2. The van der Waals surface area contributed by atoms with Crippen molar-refractivity contribution in [2.75, 3.05) is 5.73 Å². The molecule has 2 aromatic carbocycles. The number of nitrogens with two attached hydrogens (primary N) is 1. The number of anilines is 1. The topological polar surface area (TPSA) is 49.9 Å². The molecule has 1 aliphatic carbocycles. The summed E-state index contributed by atoms with van der Waals surface area (Å²) < 4.78 is 0. The van der Waals surface area contributed by atoms with Crippen LogP contribution >= 0.6 is 23.2 Å². The summed E-state index contributed by atoms with van der Waals surface area (Å²) >= 11 is 13.7. The summed E-state index contributed by atoms with van der Waals surface area (Å²) in [7, 11) is 0. The van der Waals surface area contributed by atoms with Crippen LogP contribution in [0.15, 0.2) is 59.2 Å². The molecule has 4 heteroatoms. The quantitative estimate of drug-likeness (QED) is 0.374. The Hall–Kier alpha value is -2.29. The Morgan fingerprint density at radius 1 is 0.743 bits per heavy atom. The molecule has 1 aliphatic rings. The van der Waals surface area contributed by atoms with Crippen LogP contribution in [0.25, 0.3) is 5.57 Å². The van der Waals surface area contributed by atoms with Crippen molar-refractivity contribution >= 4 is 40.2 Å². The number of nitrogen functional groups attached to an aromatic ring is 1. The van der Waals surface area contributed by atoms with E-state index in [0.717, 1.165) is 50.2 Å².